The minimum atomic E-state index is -0.572. The lowest BCUT2D eigenvalue weighted by atomic mass is 10.2. The van der Waals surface area contributed by atoms with Gasteiger partial charge in [-0.15, -0.1) is 11.6 Å². The number of rotatable bonds is 2. The number of phenolic OH excluding ortho intramolecular Hbond substituents is 1. The molecule has 1 N–H and O–H groups in total. The monoisotopic (exact) mass is 187 g/mol. The van der Waals surface area contributed by atoms with E-state index in [0.29, 0.717) is 0 Å². The first-order chi connectivity index (χ1) is 5.66. The van der Waals surface area contributed by atoms with Crippen molar-refractivity contribution in [3.63, 3.8) is 0 Å². The van der Waals surface area contributed by atoms with E-state index in [-0.39, 0.29) is 22.9 Å². The Morgan fingerprint density at radius 2 is 2.25 bits per heavy atom. The highest BCUT2D eigenvalue weighted by atomic mass is 35.5. The number of nitro benzene ring substituents is 1. The molecule has 0 heterocycles. The summed E-state index contributed by atoms with van der Waals surface area (Å²) in [6.07, 6.45) is 0. The van der Waals surface area contributed by atoms with E-state index in [2.05, 4.69) is 0 Å². The molecule has 0 atom stereocenters. The minimum absolute atomic E-state index is 0.0665. The van der Waals surface area contributed by atoms with Crippen molar-refractivity contribution < 1.29 is 10.0 Å². The average Bonchev–Trinajstić information content (AvgIpc) is 2.03. The Morgan fingerprint density at radius 3 is 2.67 bits per heavy atom. The fraction of sp³-hybridized carbons (Fsp3) is 0.143. The third-order valence-electron chi connectivity index (χ3n) is 1.46. The molecule has 0 aliphatic heterocycles. The van der Waals surface area contributed by atoms with Crippen LogP contribution in [0.1, 0.15) is 5.56 Å². The van der Waals surface area contributed by atoms with Gasteiger partial charge in [0.15, 0.2) is 0 Å². The molecule has 5 heteroatoms. The van der Waals surface area contributed by atoms with Crippen LogP contribution in [0.3, 0.4) is 0 Å². The fourth-order valence-corrected chi connectivity index (χ4v) is 1.14. The highest BCUT2D eigenvalue weighted by Crippen LogP contribution is 2.28. The summed E-state index contributed by atoms with van der Waals surface area (Å²) in [6.45, 7) is 0. The van der Waals surface area contributed by atoms with Crippen molar-refractivity contribution in [3.8, 4) is 5.75 Å². The predicted molar refractivity (Wildman–Crippen MR) is 44.3 cm³/mol. The van der Waals surface area contributed by atoms with Gasteiger partial charge in [-0.1, -0.05) is 6.07 Å². The van der Waals surface area contributed by atoms with E-state index in [1.807, 2.05) is 0 Å². The van der Waals surface area contributed by atoms with Gasteiger partial charge in [0, 0.05) is 6.07 Å². The molecule has 0 spiro atoms. The lowest BCUT2D eigenvalue weighted by Crippen LogP contribution is -1.93. The quantitative estimate of drug-likeness (QED) is 0.438. The maximum atomic E-state index is 10.4. The third kappa shape index (κ3) is 1.48. The normalized spacial score (nSPS) is 9.75. The fourth-order valence-electron chi connectivity index (χ4n) is 0.871. The van der Waals surface area contributed by atoms with Crippen molar-refractivity contribution in [2.24, 2.45) is 0 Å². The molecule has 64 valence electrons. The van der Waals surface area contributed by atoms with Gasteiger partial charge in [0.25, 0.3) is 5.69 Å². The molecular formula is C7H6ClNO3. The summed E-state index contributed by atoms with van der Waals surface area (Å²) in [6, 6.07) is 4.08. The number of aromatic hydroxyl groups is 1. The summed E-state index contributed by atoms with van der Waals surface area (Å²) in [4.78, 5) is 9.80. The SMILES string of the molecule is O=[N+]([O-])c1cccc(O)c1CCl. The molecule has 1 aromatic carbocycles. The van der Waals surface area contributed by atoms with Crippen molar-refractivity contribution in [2.45, 2.75) is 5.88 Å². The molecule has 0 fully saturated rings. The Labute approximate surface area is 73.5 Å². The van der Waals surface area contributed by atoms with Gasteiger partial charge in [0.2, 0.25) is 0 Å². The summed E-state index contributed by atoms with van der Waals surface area (Å²) in [7, 11) is 0. The van der Waals surface area contributed by atoms with Gasteiger partial charge in [-0.2, -0.15) is 0 Å². The van der Waals surface area contributed by atoms with E-state index in [4.69, 9.17) is 16.7 Å². The summed E-state index contributed by atoms with van der Waals surface area (Å²) < 4.78 is 0. The number of hydrogen-bond acceptors (Lipinski definition) is 3. The van der Waals surface area contributed by atoms with Crippen LogP contribution < -0.4 is 0 Å². The molecule has 0 aliphatic rings. The summed E-state index contributed by atoms with van der Waals surface area (Å²) in [5.41, 5.74) is 0.00849. The zero-order chi connectivity index (χ0) is 9.14. The summed E-state index contributed by atoms with van der Waals surface area (Å²) in [5.74, 6) is -0.206. The van der Waals surface area contributed by atoms with Gasteiger partial charge in [-0.3, -0.25) is 10.1 Å². The Hall–Kier alpha value is -1.29. The van der Waals surface area contributed by atoms with Gasteiger partial charge in [-0.25, -0.2) is 0 Å². The van der Waals surface area contributed by atoms with E-state index >= 15 is 0 Å². The van der Waals surface area contributed by atoms with Crippen LogP contribution in [0.25, 0.3) is 0 Å². The van der Waals surface area contributed by atoms with Gasteiger partial charge in [-0.05, 0) is 6.07 Å². The van der Waals surface area contributed by atoms with Gasteiger partial charge < -0.3 is 5.11 Å². The molecule has 0 saturated heterocycles. The molecular weight excluding hydrogens is 182 g/mol. The number of halogens is 1. The molecule has 0 amide bonds. The first-order valence-electron chi connectivity index (χ1n) is 3.18. The summed E-state index contributed by atoms with van der Waals surface area (Å²) in [5, 5.41) is 19.5. The average molecular weight is 188 g/mol. The molecule has 0 unspecified atom stereocenters. The first kappa shape index (κ1) is 8.80. The van der Waals surface area contributed by atoms with E-state index < -0.39 is 4.92 Å². The largest absolute Gasteiger partial charge is 0.507 e. The molecule has 1 aromatic rings. The van der Waals surface area contributed by atoms with E-state index in [1.165, 1.54) is 18.2 Å². The smallest absolute Gasteiger partial charge is 0.277 e. The second kappa shape index (κ2) is 3.40. The Morgan fingerprint density at radius 1 is 1.58 bits per heavy atom. The minimum Gasteiger partial charge on any atom is -0.507 e. The first-order valence-corrected chi connectivity index (χ1v) is 3.71. The molecule has 12 heavy (non-hydrogen) atoms. The van der Waals surface area contributed by atoms with E-state index in [9.17, 15) is 10.1 Å². The molecule has 0 aromatic heterocycles. The standard InChI is InChI=1S/C7H6ClNO3/c8-4-5-6(9(11)12)2-1-3-7(5)10/h1-3,10H,4H2. The van der Waals surface area contributed by atoms with E-state index in [0.717, 1.165) is 0 Å². The van der Waals surface area contributed by atoms with Gasteiger partial charge >= 0.3 is 0 Å². The molecule has 0 saturated carbocycles. The van der Waals surface area contributed by atoms with Crippen LogP contribution in [0.5, 0.6) is 5.75 Å². The lowest BCUT2D eigenvalue weighted by molar-refractivity contribution is -0.385. The lowest BCUT2D eigenvalue weighted by Gasteiger charge is -2.00. The zero-order valence-corrected chi connectivity index (χ0v) is 6.78. The molecule has 0 bridgehead atoms. The maximum absolute atomic E-state index is 10.4. The predicted octanol–water partition coefficient (Wildman–Crippen LogP) is 2.04. The van der Waals surface area contributed by atoms with Gasteiger partial charge in [0.05, 0.1) is 16.4 Å². The Kier molecular flexibility index (Phi) is 2.50. The molecule has 0 aliphatic carbocycles. The topological polar surface area (TPSA) is 63.4 Å². The van der Waals surface area contributed by atoms with Crippen LogP contribution in [0.2, 0.25) is 0 Å². The van der Waals surface area contributed by atoms with Crippen LogP contribution in [-0.4, -0.2) is 10.0 Å². The van der Waals surface area contributed by atoms with Crippen molar-refractivity contribution in [2.75, 3.05) is 0 Å². The van der Waals surface area contributed by atoms with Crippen LogP contribution in [0.4, 0.5) is 5.69 Å². The Bertz CT molecular complexity index is 314. The third-order valence-corrected chi connectivity index (χ3v) is 1.72. The second-order valence-corrected chi connectivity index (χ2v) is 2.43. The van der Waals surface area contributed by atoms with Crippen LogP contribution in [0.15, 0.2) is 18.2 Å². The molecule has 0 radical (unpaired) electrons. The number of phenols is 1. The second-order valence-electron chi connectivity index (χ2n) is 2.17. The highest BCUT2D eigenvalue weighted by Gasteiger charge is 2.15. The summed E-state index contributed by atoms with van der Waals surface area (Å²) >= 11 is 5.42. The van der Waals surface area contributed by atoms with E-state index in [1.54, 1.807) is 0 Å². The molecule has 4 nitrogen and oxygen atoms in total. The highest BCUT2D eigenvalue weighted by molar-refractivity contribution is 6.17. The Balaban J connectivity index is 3.27. The van der Waals surface area contributed by atoms with Crippen molar-refractivity contribution in [1.82, 2.24) is 0 Å². The van der Waals surface area contributed by atoms with Crippen molar-refractivity contribution >= 4 is 17.3 Å². The number of nitro groups is 1. The van der Waals surface area contributed by atoms with Crippen LogP contribution in [0, 0.1) is 10.1 Å². The number of hydrogen-bond donors (Lipinski definition) is 1. The molecule has 1 rings (SSSR count). The van der Waals surface area contributed by atoms with Gasteiger partial charge in [0.1, 0.15) is 5.75 Å². The number of nitrogens with zero attached hydrogens (tertiary/aromatic N) is 1. The van der Waals surface area contributed by atoms with Crippen LogP contribution in [-0.2, 0) is 5.88 Å². The van der Waals surface area contributed by atoms with Crippen LogP contribution >= 0.6 is 11.6 Å². The van der Waals surface area contributed by atoms with Crippen molar-refractivity contribution in [3.05, 3.63) is 33.9 Å². The number of alkyl halides is 1. The van der Waals surface area contributed by atoms with Crippen molar-refractivity contribution in [1.29, 1.82) is 0 Å². The zero-order valence-electron chi connectivity index (χ0n) is 6.03. The number of benzene rings is 1. The maximum Gasteiger partial charge on any atom is 0.277 e.